The summed E-state index contributed by atoms with van der Waals surface area (Å²) < 4.78 is 5.56. The number of carbonyl (C=O) groups is 1. The average Bonchev–Trinajstić information content (AvgIpc) is 2.60. The first-order chi connectivity index (χ1) is 12.2. The minimum Gasteiger partial charge on any atom is -0.426 e. The molecule has 0 spiro atoms. The van der Waals surface area contributed by atoms with Gasteiger partial charge in [0.15, 0.2) is 0 Å². The molecule has 1 heterocycles. The Morgan fingerprint density at radius 2 is 1.92 bits per heavy atom. The summed E-state index contributed by atoms with van der Waals surface area (Å²) in [4.78, 5) is 16.4. The molecule has 0 aliphatic rings. The van der Waals surface area contributed by atoms with Gasteiger partial charge in [0.2, 0.25) is 0 Å². The second kappa shape index (κ2) is 9.97. The number of benzene rings is 1. The van der Waals surface area contributed by atoms with E-state index in [0.29, 0.717) is 5.75 Å². The molecule has 3 nitrogen and oxygen atoms in total. The molecule has 0 bridgehead atoms. The van der Waals surface area contributed by atoms with Crippen LogP contribution in [-0.4, -0.2) is 11.0 Å². The van der Waals surface area contributed by atoms with Gasteiger partial charge in [-0.3, -0.25) is 9.78 Å². The number of fused-ring (bicyclic) bond motifs is 1. The van der Waals surface area contributed by atoms with Gasteiger partial charge in [0.05, 0.1) is 11.2 Å². The zero-order valence-electron chi connectivity index (χ0n) is 15.7. The number of carbonyl (C=O) groups excluding carboxylic acids is 1. The van der Waals surface area contributed by atoms with Crippen molar-refractivity contribution < 1.29 is 9.53 Å². The molecule has 25 heavy (non-hydrogen) atoms. The van der Waals surface area contributed by atoms with E-state index >= 15 is 0 Å². The molecule has 0 radical (unpaired) electrons. The molecule has 0 saturated heterocycles. The summed E-state index contributed by atoms with van der Waals surface area (Å²) in [5.74, 6) is 0.385. The first-order valence-corrected chi connectivity index (χ1v) is 9.41. The van der Waals surface area contributed by atoms with Gasteiger partial charge in [0.1, 0.15) is 5.75 Å². The van der Waals surface area contributed by atoms with Crippen molar-refractivity contribution in [1.29, 1.82) is 0 Å². The van der Waals surface area contributed by atoms with E-state index in [1.807, 2.05) is 24.3 Å². The Labute approximate surface area is 151 Å². The zero-order valence-corrected chi connectivity index (χ0v) is 15.7. The number of unbranched alkanes of at least 4 members (excludes halogenated alkanes) is 4. The SMILES string of the molecule is CCCCCCC=CCc1nc2ccccc2c(OC(C)=O)c1CC. The van der Waals surface area contributed by atoms with E-state index in [2.05, 4.69) is 26.0 Å². The van der Waals surface area contributed by atoms with E-state index in [9.17, 15) is 4.79 Å². The van der Waals surface area contributed by atoms with Crippen LogP contribution in [0.5, 0.6) is 5.75 Å². The highest BCUT2D eigenvalue weighted by Crippen LogP contribution is 2.32. The lowest BCUT2D eigenvalue weighted by Crippen LogP contribution is -2.08. The number of allylic oxidation sites excluding steroid dienone is 2. The van der Waals surface area contributed by atoms with Crippen LogP contribution in [0, 0.1) is 0 Å². The van der Waals surface area contributed by atoms with E-state index in [0.717, 1.165) is 41.4 Å². The Hall–Kier alpha value is -2.16. The van der Waals surface area contributed by atoms with E-state index < -0.39 is 0 Å². The number of hydrogen-bond acceptors (Lipinski definition) is 3. The standard InChI is InChI=1S/C22H29NO2/c1-4-6-7-8-9-10-11-15-20-18(5-2)22(25-17(3)24)19-14-12-13-16-21(19)23-20/h10-14,16H,4-9,15H2,1-3H3. The maximum atomic E-state index is 11.6. The van der Waals surface area contributed by atoms with E-state index in [1.165, 1.54) is 32.6 Å². The van der Waals surface area contributed by atoms with Crippen LogP contribution in [0.25, 0.3) is 10.9 Å². The highest BCUT2D eigenvalue weighted by Gasteiger charge is 2.15. The summed E-state index contributed by atoms with van der Waals surface area (Å²) >= 11 is 0. The van der Waals surface area contributed by atoms with Crippen molar-refractivity contribution in [2.45, 2.75) is 65.7 Å². The van der Waals surface area contributed by atoms with Crippen LogP contribution >= 0.6 is 0 Å². The normalized spacial score (nSPS) is 11.3. The van der Waals surface area contributed by atoms with Crippen molar-refractivity contribution in [2.75, 3.05) is 0 Å². The number of hydrogen-bond donors (Lipinski definition) is 0. The number of para-hydroxylation sites is 1. The molecule has 2 rings (SSSR count). The van der Waals surface area contributed by atoms with Gasteiger partial charge in [-0.25, -0.2) is 0 Å². The van der Waals surface area contributed by atoms with Gasteiger partial charge in [0, 0.05) is 24.3 Å². The molecule has 3 heteroatoms. The lowest BCUT2D eigenvalue weighted by atomic mass is 10.0. The van der Waals surface area contributed by atoms with E-state index in [-0.39, 0.29) is 5.97 Å². The van der Waals surface area contributed by atoms with E-state index in [4.69, 9.17) is 9.72 Å². The molecule has 2 aromatic rings. The summed E-state index contributed by atoms with van der Waals surface area (Å²) in [5, 5.41) is 0.904. The Morgan fingerprint density at radius 1 is 1.12 bits per heavy atom. The largest absolute Gasteiger partial charge is 0.426 e. The molecule has 0 saturated carbocycles. The Balaban J connectivity index is 2.23. The van der Waals surface area contributed by atoms with Gasteiger partial charge in [-0.05, 0) is 31.4 Å². The molecule has 1 aromatic heterocycles. The third-order valence-electron chi connectivity index (χ3n) is 4.33. The van der Waals surface area contributed by atoms with Crippen LogP contribution in [0.3, 0.4) is 0 Å². The minimum absolute atomic E-state index is 0.288. The molecule has 0 N–H and O–H groups in total. The molecule has 0 amide bonds. The van der Waals surface area contributed by atoms with E-state index in [1.54, 1.807) is 0 Å². The number of esters is 1. The molecule has 0 unspecified atom stereocenters. The summed E-state index contributed by atoms with van der Waals surface area (Å²) in [6, 6.07) is 7.85. The highest BCUT2D eigenvalue weighted by atomic mass is 16.5. The van der Waals surface area contributed by atoms with Crippen LogP contribution < -0.4 is 4.74 Å². The van der Waals surface area contributed by atoms with Crippen LogP contribution in [0.2, 0.25) is 0 Å². The number of aromatic nitrogens is 1. The van der Waals surface area contributed by atoms with Crippen LogP contribution in [0.15, 0.2) is 36.4 Å². The predicted molar refractivity (Wildman–Crippen MR) is 104 cm³/mol. The fraction of sp³-hybridized carbons (Fsp3) is 0.455. The van der Waals surface area contributed by atoms with Gasteiger partial charge in [-0.2, -0.15) is 0 Å². The third-order valence-corrected chi connectivity index (χ3v) is 4.33. The number of rotatable bonds is 9. The van der Waals surface area contributed by atoms with Crippen molar-refractivity contribution in [2.24, 2.45) is 0 Å². The molecular weight excluding hydrogens is 310 g/mol. The lowest BCUT2D eigenvalue weighted by Gasteiger charge is -2.14. The van der Waals surface area contributed by atoms with Crippen molar-refractivity contribution in [1.82, 2.24) is 4.98 Å². The summed E-state index contributed by atoms with van der Waals surface area (Å²) in [6.07, 6.45) is 12.2. The summed E-state index contributed by atoms with van der Waals surface area (Å²) in [7, 11) is 0. The second-order valence-corrected chi connectivity index (χ2v) is 6.36. The van der Waals surface area contributed by atoms with Gasteiger partial charge in [0.25, 0.3) is 0 Å². The molecule has 0 aliphatic heterocycles. The number of ether oxygens (including phenoxy) is 1. The molecule has 1 aromatic carbocycles. The van der Waals surface area contributed by atoms with Crippen molar-refractivity contribution in [3.8, 4) is 5.75 Å². The van der Waals surface area contributed by atoms with Gasteiger partial charge in [-0.15, -0.1) is 0 Å². The first kappa shape index (κ1) is 19.2. The minimum atomic E-state index is -0.288. The maximum absolute atomic E-state index is 11.6. The number of nitrogens with zero attached hydrogens (tertiary/aromatic N) is 1. The Kier molecular flexibility index (Phi) is 7.65. The zero-order chi connectivity index (χ0) is 18.1. The fourth-order valence-corrected chi connectivity index (χ4v) is 3.07. The van der Waals surface area contributed by atoms with Gasteiger partial charge < -0.3 is 4.74 Å². The topological polar surface area (TPSA) is 39.2 Å². The predicted octanol–water partition coefficient (Wildman–Crippen LogP) is 5.79. The lowest BCUT2D eigenvalue weighted by molar-refractivity contribution is -0.131. The molecule has 0 fully saturated rings. The molecule has 0 aliphatic carbocycles. The quantitative estimate of drug-likeness (QED) is 0.330. The summed E-state index contributed by atoms with van der Waals surface area (Å²) in [5.41, 5.74) is 2.91. The fourth-order valence-electron chi connectivity index (χ4n) is 3.07. The van der Waals surface area contributed by atoms with Crippen LogP contribution in [-0.2, 0) is 17.6 Å². The first-order valence-electron chi connectivity index (χ1n) is 9.41. The van der Waals surface area contributed by atoms with Crippen molar-refractivity contribution >= 4 is 16.9 Å². The van der Waals surface area contributed by atoms with Gasteiger partial charge in [-0.1, -0.05) is 57.4 Å². The average molecular weight is 339 g/mol. The van der Waals surface area contributed by atoms with Gasteiger partial charge >= 0.3 is 5.97 Å². The summed E-state index contributed by atoms with van der Waals surface area (Å²) in [6.45, 7) is 5.76. The monoisotopic (exact) mass is 339 g/mol. The third kappa shape index (κ3) is 5.42. The van der Waals surface area contributed by atoms with Crippen LogP contribution in [0.1, 0.15) is 64.1 Å². The molecule has 134 valence electrons. The Morgan fingerprint density at radius 3 is 2.64 bits per heavy atom. The maximum Gasteiger partial charge on any atom is 0.308 e. The van der Waals surface area contributed by atoms with Crippen molar-refractivity contribution in [3.63, 3.8) is 0 Å². The molecule has 0 atom stereocenters. The second-order valence-electron chi connectivity index (χ2n) is 6.36. The smallest absolute Gasteiger partial charge is 0.308 e. The Bertz CT molecular complexity index is 734. The highest BCUT2D eigenvalue weighted by molar-refractivity contribution is 5.89. The molecular formula is C22H29NO2. The van der Waals surface area contributed by atoms with Crippen LogP contribution in [0.4, 0.5) is 0 Å². The number of pyridine rings is 1. The van der Waals surface area contributed by atoms with Crippen molar-refractivity contribution in [3.05, 3.63) is 47.7 Å².